The molecule has 4 heterocycles. The van der Waals surface area contributed by atoms with Crippen LogP contribution in [0.25, 0.3) is 22.3 Å². The van der Waals surface area contributed by atoms with Crippen molar-refractivity contribution < 1.29 is 0 Å². The summed E-state index contributed by atoms with van der Waals surface area (Å²) in [5.74, 6) is 0. The summed E-state index contributed by atoms with van der Waals surface area (Å²) in [4.78, 5) is 18.6. The predicted octanol–water partition coefficient (Wildman–Crippen LogP) is 2.21. The van der Waals surface area contributed by atoms with Gasteiger partial charge in [-0.15, -0.1) is 0 Å². The fraction of sp³-hybridized carbons (Fsp3) is 0.353. The van der Waals surface area contributed by atoms with Crippen LogP contribution in [-0.4, -0.2) is 46.1 Å². The van der Waals surface area contributed by atoms with Crippen molar-refractivity contribution in [3.05, 3.63) is 37.1 Å². The third kappa shape index (κ3) is 2.55. The number of aromatic amines is 1. The molecule has 6 heteroatoms. The molecular formula is C17H20N6. The van der Waals surface area contributed by atoms with E-state index in [4.69, 9.17) is 0 Å². The van der Waals surface area contributed by atoms with Gasteiger partial charge in [0, 0.05) is 43.3 Å². The summed E-state index contributed by atoms with van der Waals surface area (Å²) in [6, 6.07) is 4.58. The zero-order chi connectivity index (χ0) is 15.6. The van der Waals surface area contributed by atoms with Crippen molar-refractivity contribution in [1.29, 1.82) is 0 Å². The summed E-state index contributed by atoms with van der Waals surface area (Å²) in [6.07, 6.45) is 9.65. The Balaban J connectivity index is 1.82. The average molecular weight is 308 g/mol. The van der Waals surface area contributed by atoms with Gasteiger partial charge in [0.25, 0.3) is 0 Å². The topological polar surface area (TPSA) is 69.7 Å². The van der Waals surface area contributed by atoms with Gasteiger partial charge in [-0.2, -0.15) is 0 Å². The molecule has 0 radical (unpaired) electrons. The van der Waals surface area contributed by atoms with Crippen LogP contribution in [0.15, 0.2) is 37.1 Å². The quantitative estimate of drug-likeness (QED) is 0.776. The fourth-order valence-electron chi connectivity index (χ4n) is 3.39. The predicted molar refractivity (Wildman–Crippen MR) is 91.4 cm³/mol. The Morgan fingerprint density at radius 1 is 1.26 bits per heavy atom. The van der Waals surface area contributed by atoms with Crippen LogP contribution < -0.4 is 10.2 Å². The van der Waals surface area contributed by atoms with Crippen molar-refractivity contribution >= 4 is 16.7 Å². The van der Waals surface area contributed by atoms with Gasteiger partial charge in [-0.1, -0.05) is 0 Å². The van der Waals surface area contributed by atoms with E-state index in [1.807, 2.05) is 25.5 Å². The van der Waals surface area contributed by atoms with Crippen molar-refractivity contribution in [2.45, 2.75) is 18.9 Å². The maximum absolute atomic E-state index is 4.48. The van der Waals surface area contributed by atoms with Gasteiger partial charge in [0.2, 0.25) is 0 Å². The molecule has 1 fully saturated rings. The highest BCUT2D eigenvalue weighted by atomic mass is 15.2. The van der Waals surface area contributed by atoms with Crippen LogP contribution in [0.4, 0.5) is 5.69 Å². The molecule has 1 atom stereocenters. The molecule has 3 aromatic heterocycles. The average Bonchev–Trinajstić information content (AvgIpc) is 3.06. The first kappa shape index (κ1) is 14.1. The van der Waals surface area contributed by atoms with Crippen LogP contribution in [0.5, 0.6) is 0 Å². The maximum Gasteiger partial charge on any atom is 0.140 e. The zero-order valence-corrected chi connectivity index (χ0v) is 13.2. The summed E-state index contributed by atoms with van der Waals surface area (Å²) >= 11 is 0. The van der Waals surface area contributed by atoms with Gasteiger partial charge in [-0.05, 0) is 32.0 Å². The standard InChI is InChI=1S/C17H20N6/c1-18-12-3-2-8-23(10-12)15-5-7-20-17-16(15)13(9-21-17)14-4-6-19-11-22-14/h4-7,9,11-12,18H,2-3,8,10H2,1H3,(H,20,21)/t12-/m0/s1. The Morgan fingerprint density at radius 2 is 2.22 bits per heavy atom. The molecule has 2 N–H and O–H groups in total. The van der Waals surface area contributed by atoms with Gasteiger partial charge >= 0.3 is 0 Å². The van der Waals surface area contributed by atoms with E-state index in [0.29, 0.717) is 6.04 Å². The second kappa shape index (κ2) is 5.96. The number of rotatable bonds is 3. The van der Waals surface area contributed by atoms with E-state index in [1.54, 1.807) is 12.5 Å². The van der Waals surface area contributed by atoms with Crippen LogP contribution in [0, 0.1) is 0 Å². The molecule has 0 spiro atoms. The lowest BCUT2D eigenvalue weighted by molar-refractivity contribution is 0.450. The minimum absolute atomic E-state index is 0.536. The second-order valence-electron chi connectivity index (χ2n) is 5.92. The molecule has 3 aromatic rings. The van der Waals surface area contributed by atoms with E-state index < -0.39 is 0 Å². The third-order valence-corrected chi connectivity index (χ3v) is 4.58. The van der Waals surface area contributed by atoms with E-state index in [2.05, 4.69) is 36.2 Å². The van der Waals surface area contributed by atoms with Gasteiger partial charge in [0.15, 0.2) is 0 Å². The van der Waals surface area contributed by atoms with Crippen molar-refractivity contribution in [3.8, 4) is 11.3 Å². The molecule has 118 valence electrons. The number of likely N-dealkylation sites (N-methyl/N-ethyl adjacent to an activating group) is 1. The first-order chi connectivity index (χ1) is 11.4. The van der Waals surface area contributed by atoms with Crippen LogP contribution >= 0.6 is 0 Å². The highest BCUT2D eigenvalue weighted by Crippen LogP contribution is 2.34. The van der Waals surface area contributed by atoms with Gasteiger partial charge in [0.1, 0.15) is 12.0 Å². The number of piperidine rings is 1. The lowest BCUT2D eigenvalue weighted by Gasteiger charge is -2.34. The van der Waals surface area contributed by atoms with E-state index in [-0.39, 0.29) is 0 Å². The molecule has 0 aromatic carbocycles. The Kier molecular flexibility index (Phi) is 3.67. The first-order valence-electron chi connectivity index (χ1n) is 8.01. The second-order valence-corrected chi connectivity index (χ2v) is 5.92. The summed E-state index contributed by atoms with van der Waals surface area (Å²) in [7, 11) is 2.04. The monoisotopic (exact) mass is 308 g/mol. The number of fused-ring (bicyclic) bond motifs is 1. The minimum atomic E-state index is 0.536. The van der Waals surface area contributed by atoms with E-state index in [0.717, 1.165) is 35.4 Å². The Morgan fingerprint density at radius 3 is 3.04 bits per heavy atom. The van der Waals surface area contributed by atoms with Crippen LogP contribution in [0.2, 0.25) is 0 Å². The molecule has 23 heavy (non-hydrogen) atoms. The summed E-state index contributed by atoms with van der Waals surface area (Å²) in [5, 5.41) is 4.55. The van der Waals surface area contributed by atoms with Gasteiger partial charge in [-0.25, -0.2) is 15.0 Å². The lowest BCUT2D eigenvalue weighted by atomic mass is 10.0. The Labute approximate surface area is 135 Å². The molecule has 0 saturated carbocycles. The van der Waals surface area contributed by atoms with Crippen molar-refractivity contribution in [1.82, 2.24) is 25.3 Å². The molecule has 0 aliphatic carbocycles. The number of aromatic nitrogens is 4. The molecule has 0 amide bonds. The van der Waals surface area contributed by atoms with E-state index >= 15 is 0 Å². The van der Waals surface area contributed by atoms with E-state index in [9.17, 15) is 0 Å². The normalized spacial score (nSPS) is 18.5. The van der Waals surface area contributed by atoms with Gasteiger partial charge in [-0.3, -0.25) is 0 Å². The summed E-state index contributed by atoms with van der Waals surface area (Å²) in [6.45, 7) is 2.09. The van der Waals surface area contributed by atoms with E-state index in [1.165, 1.54) is 18.5 Å². The highest BCUT2D eigenvalue weighted by molar-refractivity contribution is 6.01. The number of H-pyrrole nitrogens is 1. The number of pyridine rings is 1. The van der Waals surface area contributed by atoms with Crippen LogP contribution in [0.1, 0.15) is 12.8 Å². The molecule has 1 saturated heterocycles. The molecule has 0 unspecified atom stereocenters. The highest BCUT2D eigenvalue weighted by Gasteiger charge is 2.22. The molecule has 4 rings (SSSR count). The number of hydrogen-bond acceptors (Lipinski definition) is 5. The zero-order valence-electron chi connectivity index (χ0n) is 13.2. The van der Waals surface area contributed by atoms with Gasteiger partial charge < -0.3 is 15.2 Å². The summed E-state index contributed by atoms with van der Waals surface area (Å²) < 4.78 is 0. The first-order valence-corrected chi connectivity index (χ1v) is 8.01. The number of hydrogen-bond donors (Lipinski definition) is 2. The lowest BCUT2D eigenvalue weighted by Crippen LogP contribution is -2.44. The molecule has 1 aliphatic rings. The van der Waals surface area contributed by atoms with Crippen molar-refractivity contribution in [2.24, 2.45) is 0 Å². The third-order valence-electron chi connectivity index (χ3n) is 4.58. The summed E-state index contributed by atoms with van der Waals surface area (Å²) in [5.41, 5.74) is 4.13. The van der Waals surface area contributed by atoms with Crippen molar-refractivity contribution in [2.75, 3.05) is 25.0 Å². The SMILES string of the molecule is CN[C@H]1CCCN(c2ccnc3[nH]cc(-c4ccncn4)c23)C1. The fourth-order valence-corrected chi connectivity index (χ4v) is 3.39. The molecule has 0 bridgehead atoms. The number of anilines is 1. The largest absolute Gasteiger partial charge is 0.369 e. The van der Waals surface area contributed by atoms with Gasteiger partial charge in [0.05, 0.1) is 16.8 Å². The van der Waals surface area contributed by atoms with Crippen LogP contribution in [0.3, 0.4) is 0 Å². The number of nitrogens with zero attached hydrogens (tertiary/aromatic N) is 4. The number of nitrogens with one attached hydrogen (secondary N) is 2. The smallest absolute Gasteiger partial charge is 0.140 e. The molecule has 6 nitrogen and oxygen atoms in total. The Hall–Kier alpha value is -2.47. The Bertz CT molecular complexity index is 797. The maximum atomic E-state index is 4.48. The minimum Gasteiger partial charge on any atom is -0.369 e. The molecular weight excluding hydrogens is 288 g/mol. The van der Waals surface area contributed by atoms with Crippen molar-refractivity contribution in [3.63, 3.8) is 0 Å². The molecule has 1 aliphatic heterocycles. The van der Waals surface area contributed by atoms with Crippen LogP contribution in [-0.2, 0) is 0 Å².